The monoisotopic (exact) mass is 189 g/mol. The van der Waals surface area contributed by atoms with Gasteiger partial charge in [-0.2, -0.15) is 0 Å². The van der Waals surface area contributed by atoms with Crippen LogP contribution in [-0.2, 0) is 0 Å². The van der Waals surface area contributed by atoms with Gasteiger partial charge in [-0.25, -0.2) is 0 Å². The fraction of sp³-hybridized carbons (Fsp3) is 0.100. The van der Waals surface area contributed by atoms with Crippen molar-refractivity contribution >= 4 is 0 Å². The van der Waals surface area contributed by atoms with E-state index in [2.05, 4.69) is 17.1 Å². The van der Waals surface area contributed by atoms with Gasteiger partial charge in [0.1, 0.15) is 5.75 Å². The SMILES string of the molecule is [CH2]c1nnc(-c2ccc(OC)cc2)o1. The highest BCUT2D eigenvalue weighted by atomic mass is 16.5. The summed E-state index contributed by atoms with van der Waals surface area (Å²) >= 11 is 0. The van der Waals surface area contributed by atoms with Crippen LogP contribution in [0.4, 0.5) is 0 Å². The van der Waals surface area contributed by atoms with E-state index in [1.54, 1.807) is 7.11 Å². The van der Waals surface area contributed by atoms with Crippen LogP contribution in [0.1, 0.15) is 5.89 Å². The molecule has 0 amide bonds. The number of hydrogen-bond acceptors (Lipinski definition) is 4. The third-order valence-corrected chi connectivity index (χ3v) is 1.80. The van der Waals surface area contributed by atoms with Crippen molar-refractivity contribution in [1.29, 1.82) is 0 Å². The Morgan fingerprint density at radius 2 is 1.93 bits per heavy atom. The first-order valence-electron chi connectivity index (χ1n) is 4.09. The van der Waals surface area contributed by atoms with E-state index < -0.39 is 0 Å². The lowest BCUT2D eigenvalue weighted by Crippen LogP contribution is -1.82. The molecule has 2 rings (SSSR count). The van der Waals surface area contributed by atoms with E-state index in [0.29, 0.717) is 11.8 Å². The van der Waals surface area contributed by atoms with Crippen molar-refractivity contribution in [2.45, 2.75) is 0 Å². The van der Waals surface area contributed by atoms with E-state index in [1.165, 1.54) is 0 Å². The maximum absolute atomic E-state index is 5.17. The number of methoxy groups -OCH3 is 1. The van der Waals surface area contributed by atoms with Crippen molar-refractivity contribution in [3.63, 3.8) is 0 Å². The maximum atomic E-state index is 5.17. The van der Waals surface area contributed by atoms with Crippen molar-refractivity contribution < 1.29 is 9.15 Å². The second-order valence-corrected chi connectivity index (χ2v) is 2.73. The fourth-order valence-electron chi connectivity index (χ4n) is 1.10. The molecule has 0 aliphatic rings. The summed E-state index contributed by atoms with van der Waals surface area (Å²) in [5, 5.41) is 7.50. The molecule has 1 aromatic carbocycles. The highest BCUT2D eigenvalue weighted by Gasteiger charge is 2.04. The summed E-state index contributed by atoms with van der Waals surface area (Å²) in [4.78, 5) is 0. The zero-order valence-electron chi connectivity index (χ0n) is 7.73. The van der Waals surface area contributed by atoms with Crippen LogP contribution < -0.4 is 4.74 Å². The van der Waals surface area contributed by atoms with Gasteiger partial charge in [0.25, 0.3) is 0 Å². The van der Waals surface area contributed by atoms with Gasteiger partial charge in [-0.3, -0.25) is 0 Å². The molecule has 0 aliphatic heterocycles. The van der Waals surface area contributed by atoms with E-state index in [0.717, 1.165) is 11.3 Å². The van der Waals surface area contributed by atoms with Crippen LogP contribution >= 0.6 is 0 Å². The molecule has 71 valence electrons. The summed E-state index contributed by atoms with van der Waals surface area (Å²) in [5.74, 6) is 1.58. The molecule has 0 unspecified atom stereocenters. The summed E-state index contributed by atoms with van der Waals surface area (Å²) in [7, 11) is 1.62. The molecule has 0 N–H and O–H groups in total. The fourth-order valence-corrected chi connectivity index (χ4v) is 1.10. The molecule has 0 atom stereocenters. The second kappa shape index (κ2) is 3.49. The average molecular weight is 189 g/mol. The average Bonchev–Trinajstić information content (AvgIpc) is 2.65. The van der Waals surface area contributed by atoms with Crippen LogP contribution in [0.5, 0.6) is 5.75 Å². The normalized spacial score (nSPS) is 10.1. The van der Waals surface area contributed by atoms with Gasteiger partial charge in [0.05, 0.1) is 7.11 Å². The van der Waals surface area contributed by atoms with E-state index in [-0.39, 0.29) is 0 Å². The largest absolute Gasteiger partial charge is 0.497 e. The van der Waals surface area contributed by atoms with E-state index in [4.69, 9.17) is 9.15 Å². The van der Waals surface area contributed by atoms with Crippen LogP contribution in [0.2, 0.25) is 0 Å². The first-order chi connectivity index (χ1) is 6.79. The molecule has 0 saturated heterocycles. The van der Waals surface area contributed by atoms with Gasteiger partial charge < -0.3 is 9.15 Å². The predicted molar refractivity (Wildman–Crippen MR) is 50.7 cm³/mol. The highest BCUT2D eigenvalue weighted by Crippen LogP contribution is 2.20. The standard InChI is InChI=1S/C10H9N2O2/c1-7-11-12-10(14-7)8-3-5-9(13-2)6-4-8/h3-6H,1H2,2H3. The first-order valence-corrected chi connectivity index (χ1v) is 4.09. The lowest BCUT2D eigenvalue weighted by Gasteiger charge is -1.98. The molecule has 0 spiro atoms. The molecule has 0 bridgehead atoms. The predicted octanol–water partition coefficient (Wildman–Crippen LogP) is 1.93. The number of nitrogens with zero attached hydrogens (tertiary/aromatic N) is 2. The van der Waals surface area contributed by atoms with Gasteiger partial charge in [-0.05, 0) is 24.3 Å². The van der Waals surface area contributed by atoms with E-state index in [1.807, 2.05) is 24.3 Å². The molecule has 2 aromatic rings. The van der Waals surface area contributed by atoms with Gasteiger partial charge in [0.15, 0.2) is 0 Å². The van der Waals surface area contributed by atoms with Crippen LogP contribution in [0.25, 0.3) is 11.5 Å². The third-order valence-electron chi connectivity index (χ3n) is 1.80. The van der Waals surface area contributed by atoms with Crippen molar-refractivity contribution in [3.8, 4) is 17.2 Å². The van der Waals surface area contributed by atoms with Crippen molar-refractivity contribution in [2.24, 2.45) is 0 Å². The van der Waals surface area contributed by atoms with E-state index >= 15 is 0 Å². The molecule has 4 nitrogen and oxygen atoms in total. The Hall–Kier alpha value is -1.84. The Morgan fingerprint density at radius 3 is 2.43 bits per heavy atom. The number of ether oxygens (including phenoxy) is 1. The molecule has 1 radical (unpaired) electrons. The number of hydrogen-bond donors (Lipinski definition) is 0. The molecule has 14 heavy (non-hydrogen) atoms. The molecule has 0 aliphatic carbocycles. The van der Waals surface area contributed by atoms with Crippen LogP contribution in [-0.4, -0.2) is 17.3 Å². The van der Waals surface area contributed by atoms with Gasteiger partial charge in [-0.15, -0.1) is 10.2 Å². The Labute approximate surface area is 81.5 Å². The summed E-state index contributed by atoms with van der Waals surface area (Å²) in [6.45, 7) is 3.54. The minimum absolute atomic E-state index is 0.316. The summed E-state index contributed by atoms with van der Waals surface area (Å²) in [6.07, 6.45) is 0. The molecular weight excluding hydrogens is 180 g/mol. The summed E-state index contributed by atoms with van der Waals surface area (Å²) < 4.78 is 10.2. The van der Waals surface area contributed by atoms with Crippen molar-refractivity contribution in [2.75, 3.05) is 7.11 Å². The Bertz CT molecular complexity index is 420. The maximum Gasteiger partial charge on any atom is 0.247 e. The summed E-state index contributed by atoms with van der Waals surface area (Å²) in [5.41, 5.74) is 0.855. The van der Waals surface area contributed by atoms with Gasteiger partial charge >= 0.3 is 0 Å². The molecular formula is C10H9N2O2. The van der Waals surface area contributed by atoms with Gasteiger partial charge in [0.2, 0.25) is 11.8 Å². The summed E-state index contributed by atoms with van der Waals surface area (Å²) in [6, 6.07) is 7.38. The van der Waals surface area contributed by atoms with Crippen LogP contribution in [0, 0.1) is 6.92 Å². The molecule has 1 heterocycles. The zero-order chi connectivity index (χ0) is 9.97. The quantitative estimate of drug-likeness (QED) is 0.724. The minimum atomic E-state index is 0.316. The Kier molecular flexibility index (Phi) is 2.18. The lowest BCUT2D eigenvalue weighted by atomic mass is 10.2. The molecule has 1 aromatic heterocycles. The molecule has 4 heteroatoms. The number of aromatic nitrogens is 2. The molecule has 0 saturated carbocycles. The smallest absolute Gasteiger partial charge is 0.247 e. The van der Waals surface area contributed by atoms with Crippen LogP contribution in [0.3, 0.4) is 0 Å². The van der Waals surface area contributed by atoms with Gasteiger partial charge in [-0.1, -0.05) is 0 Å². The van der Waals surface area contributed by atoms with Gasteiger partial charge in [0, 0.05) is 12.5 Å². The van der Waals surface area contributed by atoms with E-state index in [9.17, 15) is 0 Å². The van der Waals surface area contributed by atoms with Crippen LogP contribution in [0.15, 0.2) is 28.7 Å². The van der Waals surface area contributed by atoms with Crippen molar-refractivity contribution in [3.05, 3.63) is 37.1 Å². The number of benzene rings is 1. The third kappa shape index (κ3) is 1.59. The second-order valence-electron chi connectivity index (χ2n) is 2.73. The van der Waals surface area contributed by atoms with Crippen molar-refractivity contribution in [1.82, 2.24) is 10.2 Å². The molecule has 0 fully saturated rings. The Morgan fingerprint density at radius 1 is 1.21 bits per heavy atom. The minimum Gasteiger partial charge on any atom is -0.497 e. The lowest BCUT2D eigenvalue weighted by molar-refractivity contribution is 0.415. The highest BCUT2D eigenvalue weighted by molar-refractivity contribution is 5.53. The zero-order valence-corrected chi connectivity index (χ0v) is 7.73. The first kappa shape index (κ1) is 8.74. The Balaban J connectivity index is 2.33. The topological polar surface area (TPSA) is 48.2 Å². The number of rotatable bonds is 2.